The van der Waals surface area contributed by atoms with Gasteiger partial charge in [-0.1, -0.05) is 38.1 Å². The average molecular weight is 363 g/mol. The zero-order valence-electron chi connectivity index (χ0n) is 16.0. The van der Waals surface area contributed by atoms with Crippen LogP contribution in [0.4, 0.5) is 5.69 Å². The Morgan fingerprint density at radius 2 is 1.63 bits per heavy atom. The SMILES string of the molecule is CC(C)Cc1ccc([C@H](C)NC(=O)c2ccc(NC(=O)CC#N)cc2)cc1. The summed E-state index contributed by atoms with van der Waals surface area (Å²) in [5.41, 5.74) is 3.41. The Hall–Kier alpha value is -3.13. The molecule has 2 aromatic carbocycles. The minimum Gasteiger partial charge on any atom is -0.346 e. The topological polar surface area (TPSA) is 82.0 Å². The fraction of sp³-hybridized carbons (Fsp3) is 0.318. The second-order valence-corrected chi connectivity index (χ2v) is 7.00. The Kier molecular flexibility index (Phi) is 7.13. The van der Waals surface area contributed by atoms with Crippen LogP contribution in [0, 0.1) is 17.2 Å². The highest BCUT2D eigenvalue weighted by atomic mass is 16.2. The monoisotopic (exact) mass is 363 g/mol. The van der Waals surface area contributed by atoms with E-state index >= 15 is 0 Å². The quantitative estimate of drug-likeness (QED) is 0.772. The molecule has 0 fully saturated rings. The van der Waals surface area contributed by atoms with Crippen LogP contribution in [0.25, 0.3) is 0 Å². The van der Waals surface area contributed by atoms with Gasteiger partial charge < -0.3 is 10.6 Å². The molecule has 0 radical (unpaired) electrons. The molecule has 0 aromatic heterocycles. The van der Waals surface area contributed by atoms with Gasteiger partial charge in [0.1, 0.15) is 6.42 Å². The highest BCUT2D eigenvalue weighted by Gasteiger charge is 2.12. The molecule has 0 saturated carbocycles. The number of nitriles is 1. The Balaban J connectivity index is 1.95. The van der Waals surface area contributed by atoms with Crippen molar-refractivity contribution in [1.29, 1.82) is 5.26 Å². The Morgan fingerprint density at radius 1 is 1.00 bits per heavy atom. The van der Waals surface area contributed by atoms with Crippen LogP contribution in [-0.4, -0.2) is 11.8 Å². The van der Waals surface area contributed by atoms with Gasteiger partial charge in [-0.15, -0.1) is 0 Å². The Bertz CT molecular complexity index is 818. The van der Waals surface area contributed by atoms with Crippen molar-refractivity contribution in [3.05, 3.63) is 65.2 Å². The predicted molar refractivity (Wildman–Crippen MR) is 106 cm³/mol. The number of rotatable bonds is 7. The molecule has 0 aliphatic rings. The smallest absolute Gasteiger partial charge is 0.251 e. The Morgan fingerprint density at radius 3 is 2.19 bits per heavy atom. The predicted octanol–water partition coefficient (Wildman–Crippen LogP) is 4.23. The van der Waals surface area contributed by atoms with Gasteiger partial charge in [0.2, 0.25) is 5.91 Å². The summed E-state index contributed by atoms with van der Waals surface area (Å²) in [5.74, 6) is 0.0635. The van der Waals surface area contributed by atoms with E-state index in [9.17, 15) is 9.59 Å². The van der Waals surface area contributed by atoms with Crippen molar-refractivity contribution in [2.45, 2.75) is 39.7 Å². The van der Waals surface area contributed by atoms with E-state index in [1.54, 1.807) is 30.3 Å². The molecular weight excluding hydrogens is 338 g/mol. The molecule has 0 heterocycles. The first-order valence-corrected chi connectivity index (χ1v) is 9.05. The summed E-state index contributed by atoms with van der Waals surface area (Å²) in [6, 6.07) is 16.6. The lowest BCUT2D eigenvalue weighted by Crippen LogP contribution is -2.26. The summed E-state index contributed by atoms with van der Waals surface area (Å²) in [4.78, 5) is 23.8. The molecule has 27 heavy (non-hydrogen) atoms. The van der Waals surface area contributed by atoms with Crippen LogP contribution in [0.2, 0.25) is 0 Å². The fourth-order valence-electron chi connectivity index (χ4n) is 2.76. The van der Waals surface area contributed by atoms with Crippen LogP contribution in [0.3, 0.4) is 0 Å². The molecule has 0 spiro atoms. The summed E-state index contributed by atoms with van der Waals surface area (Å²) >= 11 is 0. The molecule has 0 unspecified atom stereocenters. The number of nitrogens with one attached hydrogen (secondary N) is 2. The molecule has 0 aliphatic carbocycles. The van der Waals surface area contributed by atoms with Crippen molar-refractivity contribution in [3.63, 3.8) is 0 Å². The van der Waals surface area contributed by atoms with E-state index < -0.39 is 0 Å². The van der Waals surface area contributed by atoms with Crippen LogP contribution in [-0.2, 0) is 11.2 Å². The van der Waals surface area contributed by atoms with E-state index in [1.807, 2.05) is 6.92 Å². The maximum atomic E-state index is 12.4. The van der Waals surface area contributed by atoms with Crippen LogP contribution < -0.4 is 10.6 Å². The second kappa shape index (κ2) is 9.54. The summed E-state index contributed by atoms with van der Waals surface area (Å²) in [6.07, 6.45) is 0.841. The molecule has 2 aromatic rings. The third-order valence-corrected chi connectivity index (χ3v) is 4.14. The first-order valence-electron chi connectivity index (χ1n) is 9.05. The van der Waals surface area contributed by atoms with Gasteiger partial charge in [0.25, 0.3) is 5.91 Å². The number of hydrogen-bond donors (Lipinski definition) is 2. The lowest BCUT2D eigenvalue weighted by Gasteiger charge is -2.15. The molecule has 1 atom stereocenters. The van der Waals surface area contributed by atoms with E-state index in [0.29, 0.717) is 17.2 Å². The van der Waals surface area contributed by atoms with E-state index in [2.05, 4.69) is 48.7 Å². The number of benzene rings is 2. The van der Waals surface area contributed by atoms with Gasteiger partial charge >= 0.3 is 0 Å². The van der Waals surface area contributed by atoms with Crippen LogP contribution in [0.5, 0.6) is 0 Å². The third kappa shape index (κ3) is 6.27. The van der Waals surface area contributed by atoms with Gasteiger partial charge in [-0.3, -0.25) is 9.59 Å². The molecule has 0 aliphatic heterocycles. The zero-order chi connectivity index (χ0) is 19.8. The lowest BCUT2D eigenvalue weighted by atomic mass is 10.00. The van der Waals surface area contributed by atoms with Crippen molar-refractivity contribution < 1.29 is 9.59 Å². The van der Waals surface area contributed by atoms with Crippen molar-refractivity contribution in [2.75, 3.05) is 5.32 Å². The second-order valence-electron chi connectivity index (χ2n) is 7.00. The molecule has 2 amide bonds. The van der Waals surface area contributed by atoms with E-state index in [1.165, 1.54) is 5.56 Å². The average Bonchev–Trinajstić information content (AvgIpc) is 2.62. The van der Waals surface area contributed by atoms with Gasteiger partial charge in [0, 0.05) is 11.3 Å². The fourth-order valence-corrected chi connectivity index (χ4v) is 2.76. The van der Waals surface area contributed by atoms with Gasteiger partial charge in [0.05, 0.1) is 12.1 Å². The zero-order valence-corrected chi connectivity index (χ0v) is 16.0. The number of amides is 2. The number of nitrogens with zero attached hydrogens (tertiary/aromatic N) is 1. The van der Waals surface area contributed by atoms with E-state index in [-0.39, 0.29) is 24.3 Å². The molecule has 0 bridgehead atoms. The Labute approximate surface area is 160 Å². The molecule has 2 N–H and O–H groups in total. The maximum absolute atomic E-state index is 12.4. The molecule has 5 nitrogen and oxygen atoms in total. The third-order valence-electron chi connectivity index (χ3n) is 4.14. The normalized spacial score (nSPS) is 11.5. The first kappa shape index (κ1) is 20.2. The number of carbonyl (C=O) groups excluding carboxylic acids is 2. The molecule has 0 saturated heterocycles. The number of hydrogen-bond acceptors (Lipinski definition) is 3. The lowest BCUT2D eigenvalue weighted by molar-refractivity contribution is -0.115. The van der Waals surface area contributed by atoms with Crippen LogP contribution >= 0.6 is 0 Å². The minimum atomic E-state index is -0.371. The van der Waals surface area contributed by atoms with Crippen LogP contribution in [0.15, 0.2) is 48.5 Å². The summed E-state index contributed by atoms with van der Waals surface area (Å²) in [7, 11) is 0. The van der Waals surface area contributed by atoms with Crippen molar-refractivity contribution in [2.24, 2.45) is 5.92 Å². The number of carbonyl (C=O) groups is 2. The molecule has 140 valence electrons. The van der Waals surface area contributed by atoms with Crippen molar-refractivity contribution in [1.82, 2.24) is 5.32 Å². The summed E-state index contributed by atoms with van der Waals surface area (Å²) in [6.45, 7) is 6.33. The molecule has 5 heteroatoms. The highest BCUT2D eigenvalue weighted by molar-refractivity contribution is 5.96. The standard InChI is InChI=1S/C22H25N3O2/c1-15(2)14-17-4-6-18(7-5-17)16(3)24-22(27)19-8-10-20(11-9-19)25-21(26)12-13-23/h4-11,15-16H,12,14H2,1-3H3,(H,24,27)(H,25,26)/t16-/m0/s1. The van der Waals surface area contributed by atoms with Crippen LogP contribution in [0.1, 0.15) is 54.7 Å². The van der Waals surface area contributed by atoms with Gasteiger partial charge in [-0.05, 0) is 54.7 Å². The summed E-state index contributed by atoms with van der Waals surface area (Å²) < 4.78 is 0. The number of anilines is 1. The minimum absolute atomic E-state index is 0.111. The van der Waals surface area contributed by atoms with E-state index in [0.717, 1.165) is 12.0 Å². The summed E-state index contributed by atoms with van der Waals surface area (Å²) in [5, 5.41) is 14.1. The van der Waals surface area contributed by atoms with E-state index in [4.69, 9.17) is 5.26 Å². The van der Waals surface area contributed by atoms with Gasteiger partial charge in [0.15, 0.2) is 0 Å². The van der Waals surface area contributed by atoms with Gasteiger partial charge in [-0.2, -0.15) is 5.26 Å². The van der Waals surface area contributed by atoms with Crippen molar-refractivity contribution in [3.8, 4) is 6.07 Å². The first-order chi connectivity index (χ1) is 12.9. The molecule has 2 rings (SSSR count). The largest absolute Gasteiger partial charge is 0.346 e. The highest BCUT2D eigenvalue weighted by Crippen LogP contribution is 2.17. The maximum Gasteiger partial charge on any atom is 0.251 e. The van der Waals surface area contributed by atoms with Gasteiger partial charge in [-0.25, -0.2) is 0 Å². The molecular formula is C22H25N3O2. The van der Waals surface area contributed by atoms with Crippen molar-refractivity contribution >= 4 is 17.5 Å².